The minimum absolute atomic E-state index is 0.000528. The standard InChI is InChI=1S/C44H54Cl2N2O10/c1-6-24-20-44-26(17-28(24)41(53)54)16-21(3)10-8-9-11-25-13-14-27-29(43(25,7-2)38(50)34(39(44)51)42(55)58-44)15-12-22(4)37(27)57-33-19-31(49)35(23(5)56-33)48-40(52)36-30(45)18-32(46)47-36/h8-9,13-14,16-18,22-27,29,31,33,35,37,47,49-50H,6-7,10-12,15,19-20H2,1-5H3,(H,48,52)(H,53,54)/b9-8+,21-16+,38-34?/t22?,23-,24?,25?,26?,27?,29?,31-,33+,35-,37?,43?,44?/m1/s1. The molecule has 2 bridgehead atoms. The fourth-order valence-electron chi connectivity index (χ4n) is 10.9. The number of aliphatic carboxylic acids is 1. The normalized spacial score (nSPS) is 40.3. The number of H-pyrrole nitrogens is 1. The summed E-state index contributed by atoms with van der Waals surface area (Å²) >= 11 is 12.2. The molecule has 0 radical (unpaired) electrons. The maximum Gasteiger partial charge on any atom is 0.346 e. The number of carbonyl (C=O) groups excluding carboxylic acids is 3. The summed E-state index contributed by atoms with van der Waals surface area (Å²) in [6.45, 7) is 9.60. The number of aliphatic hydroxyl groups is 2. The molecule has 3 fully saturated rings. The van der Waals surface area contributed by atoms with Gasteiger partial charge in [-0.3, -0.25) is 9.59 Å². The zero-order valence-electron chi connectivity index (χ0n) is 33.5. The molecule has 5 N–H and O–H groups in total. The number of carboxylic acids is 1. The van der Waals surface area contributed by atoms with Crippen LogP contribution in [0.4, 0.5) is 0 Å². The summed E-state index contributed by atoms with van der Waals surface area (Å²) < 4.78 is 19.3. The van der Waals surface area contributed by atoms with E-state index in [9.17, 15) is 34.5 Å². The Balaban J connectivity index is 1.22. The maximum atomic E-state index is 14.9. The number of allylic oxidation sites excluding steroid dienone is 5. The lowest BCUT2D eigenvalue weighted by molar-refractivity contribution is -0.258. The molecule has 13 atom stereocenters. The Labute approximate surface area is 348 Å². The van der Waals surface area contributed by atoms with Gasteiger partial charge in [0.1, 0.15) is 22.2 Å². The minimum Gasteiger partial charge on any atom is -0.511 e. The predicted octanol–water partition coefficient (Wildman–Crippen LogP) is 7.58. The Bertz CT molecular complexity index is 1990. The second-order valence-corrected chi connectivity index (χ2v) is 18.0. The number of ether oxygens (including phenoxy) is 3. The van der Waals surface area contributed by atoms with Crippen LogP contribution in [-0.4, -0.2) is 80.2 Å². The number of carbonyl (C=O) groups is 4. The van der Waals surface area contributed by atoms with Crippen LogP contribution in [0.15, 0.2) is 65.0 Å². The number of esters is 1. The number of nitrogens with one attached hydrogen (secondary N) is 2. The smallest absolute Gasteiger partial charge is 0.346 e. The summed E-state index contributed by atoms with van der Waals surface area (Å²) in [5.41, 5.74) is -1.91. The predicted molar refractivity (Wildman–Crippen MR) is 216 cm³/mol. The van der Waals surface area contributed by atoms with Crippen LogP contribution < -0.4 is 5.32 Å². The van der Waals surface area contributed by atoms with Gasteiger partial charge in [0, 0.05) is 35.7 Å². The molecule has 1 aromatic heterocycles. The topological polar surface area (TPSA) is 184 Å². The van der Waals surface area contributed by atoms with E-state index in [-0.39, 0.29) is 69.3 Å². The van der Waals surface area contributed by atoms with Gasteiger partial charge < -0.3 is 39.8 Å². The molecule has 1 amide bonds. The molecule has 3 heterocycles. The lowest BCUT2D eigenvalue weighted by Gasteiger charge is -2.55. The van der Waals surface area contributed by atoms with Crippen molar-refractivity contribution in [2.45, 2.75) is 122 Å². The number of amides is 1. The van der Waals surface area contributed by atoms with E-state index in [1.165, 1.54) is 6.07 Å². The highest BCUT2D eigenvalue weighted by Crippen LogP contribution is 2.60. The Morgan fingerprint density at radius 2 is 1.86 bits per heavy atom. The molecule has 2 aliphatic heterocycles. The largest absolute Gasteiger partial charge is 0.511 e. The molecule has 4 aliphatic carbocycles. The minimum atomic E-state index is -1.69. The number of halogens is 2. The first-order valence-corrected chi connectivity index (χ1v) is 21.3. The van der Waals surface area contributed by atoms with E-state index in [1.807, 2.05) is 26.8 Å². The number of carboxylic acid groups (broad SMARTS) is 1. The average molecular weight is 842 g/mol. The summed E-state index contributed by atoms with van der Waals surface area (Å²) in [5.74, 6) is -5.46. The van der Waals surface area contributed by atoms with Crippen molar-refractivity contribution in [3.63, 3.8) is 0 Å². The highest BCUT2D eigenvalue weighted by atomic mass is 35.5. The van der Waals surface area contributed by atoms with E-state index in [4.69, 9.17) is 37.4 Å². The zero-order chi connectivity index (χ0) is 41.8. The number of aliphatic hydroxyl groups excluding tert-OH is 2. The fourth-order valence-corrected chi connectivity index (χ4v) is 11.4. The number of hydrogen-bond donors (Lipinski definition) is 5. The zero-order valence-corrected chi connectivity index (χ0v) is 35.0. The molecular formula is C44H54Cl2N2O10. The van der Waals surface area contributed by atoms with Crippen LogP contribution in [0.1, 0.15) is 96.5 Å². The summed E-state index contributed by atoms with van der Waals surface area (Å²) in [6.07, 6.45) is 12.3. The SMILES string of the molecule is CCC1CC23OC(=O)C(=C(O)C4(CC)C(C=CC5C(O[C@H]6C[C@@H](O)[C@H](NC(=O)c7[nH]c(Cl)cc7Cl)[C@@H](C)O6)C(C)CCC54)C/C=C/C/C(C)=C/C2C=C1C(=O)O)C3=O. The van der Waals surface area contributed by atoms with E-state index >= 15 is 0 Å². The van der Waals surface area contributed by atoms with Gasteiger partial charge in [-0.1, -0.05) is 86.0 Å². The van der Waals surface area contributed by atoms with E-state index in [0.717, 1.165) is 12.0 Å². The van der Waals surface area contributed by atoms with Crippen molar-refractivity contribution in [3.8, 4) is 0 Å². The van der Waals surface area contributed by atoms with E-state index in [2.05, 4.69) is 41.5 Å². The highest BCUT2D eigenvalue weighted by molar-refractivity contribution is 6.36. The molecule has 12 nitrogen and oxygen atoms in total. The summed E-state index contributed by atoms with van der Waals surface area (Å²) in [6, 6.07) is 0.667. The van der Waals surface area contributed by atoms with Gasteiger partial charge in [0.25, 0.3) is 5.91 Å². The average Bonchev–Trinajstić information content (AvgIpc) is 3.64. The lowest BCUT2D eigenvalue weighted by atomic mass is 9.51. The van der Waals surface area contributed by atoms with Gasteiger partial charge in [0.2, 0.25) is 5.78 Å². The van der Waals surface area contributed by atoms with Crippen molar-refractivity contribution in [2.24, 2.45) is 40.9 Å². The van der Waals surface area contributed by atoms with Gasteiger partial charge >= 0.3 is 11.9 Å². The van der Waals surface area contributed by atoms with Gasteiger partial charge in [-0.05, 0) is 82.1 Å². The van der Waals surface area contributed by atoms with Crippen molar-refractivity contribution < 1.29 is 48.7 Å². The van der Waals surface area contributed by atoms with Gasteiger partial charge in [0.15, 0.2) is 11.9 Å². The molecule has 7 rings (SSSR count). The molecule has 14 heteroatoms. The van der Waals surface area contributed by atoms with Crippen LogP contribution in [0.3, 0.4) is 0 Å². The van der Waals surface area contributed by atoms with Crippen molar-refractivity contribution >= 4 is 46.8 Å². The third-order valence-corrected chi connectivity index (χ3v) is 14.5. The molecule has 2 saturated heterocycles. The van der Waals surface area contributed by atoms with E-state index in [0.29, 0.717) is 32.1 Å². The lowest BCUT2D eigenvalue weighted by Crippen LogP contribution is -2.58. The molecule has 0 aromatic carbocycles. The number of rotatable bonds is 7. The Morgan fingerprint density at radius 3 is 2.52 bits per heavy atom. The first kappa shape index (κ1) is 42.4. The van der Waals surface area contributed by atoms with E-state index < -0.39 is 77.1 Å². The molecule has 314 valence electrons. The summed E-state index contributed by atoms with van der Waals surface area (Å²) in [5, 5.41) is 37.4. The Hall–Kier alpha value is -3.68. The number of hydrogen-bond acceptors (Lipinski definition) is 9. The van der Waals surface area contributed by atoms with Crippen LogP contribution in [-0.2, 0) is 28.6 Å². The van der Waals surface area contributed by atoms with Crippen molar-refractivity contribution in [2.75, 3.05) is 0 Å². The second-order valence-electron chi connectivity index (χ2n) is 17.2. The third-order valence-electron chi connectivity index (χ3n) is 14.0. The highest BCUT2D eigenvalue weighted by Gasteiger charge is 2.63. The molecular weight excluding hydrogens is 787 g/mol. The monoisotopic (exact) mass is 840 g/mol. The van der Waals surface area contributed by atoms with Crippen LogP contribution in [0.25, 0.3) is 0 Å². The first-order valence-electron chi connectivity index (χ1n) is 20.6. The number of aromatic amines is 1. The number of fused-ring (bicyclic) bond motifs is 4. The Kier molecular flexibility index (Phi) is 12.0. The number of aromatic nitrogens is 1. The first-order chi connectivity index (χ1) is 27.6. The number of ketones is 1. The quantitative estimate of drug-likeness (QED) is 0.104. The second kappa shape index (κ2) is 16.4. The number of Topliss-reactive ketones (excluding diaryl/α,β-unsaturated/α-hetero) is 1. The third kappa shape index (κ3) is 7.20. The molecule has 1 aromatic rings. The van der Waals surface area contributed by atoms with Crippen LogP contribution in [0.2, 0.25) is 10.2 Å². The molecule has 9 unspecified atom stereocenters. The van der Waals surface area contributed by atoms with Gasteiger partial charge in [-0.25, -0.2) is 9.59 Å². The molecule has 6 aliphatic rings. The van der Waals surface area contributed by atoms with Gasteiger partial charge in [0.05, 0.1) is 29.4 Å². The maximum absolute atomic E-state index is 14.9. The van der Waals surface area contributed by atoms with Crippen molar-refractivity contribution in [1.29, 1.82) is 0 Å². The summed E-state index contributed by atoms with van der Waals surface area (Å²) in [4.78, 5) is 57.2. The molecule has 58 heavy (non-hydrogen) atoms. The van der Waals surface area contributed by atoms with E-state index in [1.54, 1.807) is 13.0 Å². The van der Waals surface area contributed by atoms with Crippen molar-refractivity contribution in [1.82, 2.24) is 10.3 Å². The Morgan fingerprint density at radius 1 is 1.10 bits per heavy atom. The molecule has 1 saturated carbocycles. The van der Waals surface area contributed by atoms with Crippen molar-refractivity contribution in [3.05, 3.63) is 80.9 Å². The fraction of sp³-hybridized carbons (Fsp3) is 0.591. The van der Waals surface area contributed by atoms with Gasteiger partial charge in [-0.2, -0.15) is 0 Å². The summed E-state index contributed by atoms with van der Waals surface area (Å²) in [7, 11) is 0. The van der Waals surface area contributed by atoms with Gasteiger partial charge in [-0.15, -0.1) is 0 Å². The van der Waals surface area contributed by atoms with Crippen LogP contribution in [0.5, 0.6) is 0 Å². The molecule has 1 spiro atoms. The van der Waals surface area contributed by atoms with Crippen LogP contribution >= 0.6 is 23.2 Å². The van der Waals surface area contributed by atoms with Crippen LogP contribution in [0, 0.1) is 40.9 Å².